The molecule has 0 aromatic heterocycles. The van der Waals surface area contributed by atoms with E-state index in [9.17, 15) is 5.11 Å². The zero-order chi connectivity index (χ0) is 17.5. The molecule has 4 aliphatic carbocycles. The van der Waals surface area contributed by atoms with Gasteiger partial charge in [-0.3, -0.25) is 0 Å². The molecule has 4 fully saturated rings. The lowest BCUT2D eigenvalue weighted by Gasteiger charge is -2.60. The van der Waals surface area contributed by atoms with Crippen molar-refractivity contribution in [1.29, 1.82) is 0 Å². The SMILES string of the molecule is CC.CC(O)C1CCC2C3CCC4CCCCC4(C)C3CCC12C. The Bertz CT molecular complexity index is 430. The van der Waals surface area contributed by atoms with Crippen LogP contribution in [0.3, 0.4) is 0 Å². The van der Waals surface area contributed by atoms with E-state index in [-0.39, 0.29) is 6.10 Å². The molecule has 0 radical (unpaired) electrons. The average molecular weight is 335 g/mol. The minimum atomic E-state index is -0.104. The standard InChI is InChI=1S/C21H36O.C2H6/c1-14(22)17-9-10-18-16-8-7-15-6-4-5-12-20(15,2)19(16)11-13-21(17,18)3;1-2/h14-19,22H,4-13H2,1-3H3;1-2H3. The average Bonchev–Trinajstić information content (AvgIpc) is 2.93. The predicted molar refractivity (Wildman–Crippen MR) is 103 cm³/mol. The third kappa shape index (κ3) is 2.68. The van der Waals surface area contributed by atoms with E-state index in [1.54, 1.807) is 0 Å². The Morgan fingerprint density at radius 3 is 2.21 bits per heavy atom. The van der Waals surface area contributed by atoms with Gasteiger partial charge in [0.15, 0.2) is 0 Å². The second-order valence-corrected chi connectivity index (χ2v) is 9.87. The van der Waals surface area contributed by atoms with Crippen molar-refractivity contribution in [1.82, 2.24) is 0 Å². The van der Waals surface area contributed by atoms with E-state index in [1.165, 1.54) is 64.2 Å². The zero-order valence-corrected chi connectivity index (χ0v) is 17.0. The summed E-state index contributed by atoms with van der Waals surface area (Å²) in [5.41, 5.74) is 1.10. The fourth-order valence-corrected chi connectivity index (χ4v) is 8.13. The molecule has 24 heavy (non-hydrogen) atoms. The van der Waals surface area contributed by atoms with Crippen LogP contribution in [-0.2, 0) is 0 Å². The van der Waals surface area contributed by atoms with Crippen molar-refractivity contribution in [2.24, 2.45) is 40.4 Å². The van der Waals surface area contributed by atoms with Gasteiger partial charge < -0.3 is 5.11 Å². The van der Waals surface area contributed by atoms with E-state index < -0.39 is 0 Å². The molecule has 8 atom stereocenters. The molecule has 0 saturated heterocycles. The van der Waals surface area contributed by atoms with Gasteiger partial charge in [0, 0.05) is 0 Å². The first kappa shape index (κ1) is 18.7. The van der Waals surface area contributed by atoms with Gasteiger partial charge in [-0.1, -0.05) is 40.5 Å². The number of fused-ring (bicyclic) bond motifs is 5. The topological polar surface area (TPSA) is 20.2 Å². The fraction of sp³-hybridized carbons (Fsp3) is 1.00. The molecule has 4 saturated carbocycles. The van der Waals surface area contributed by atoms with Crippen molar-refractivity contribution in [3.8, 4) is 0 Å². The fourth-order valence-electron chi connectivity index (χ4n) is 8.13. The maximum Gasteiger partial charge on any atom is 0.0545 e. The van der Waals surface area contributed by atoms with Gasteiger partial charge in [-0.05, 0) is 98.7 Å². The first-order valence-electron chi connectivity index (χ1n) is 11.1. The number of hydrogen-bond acceptors (Lipinski definition) is 1. The van der Waals surface area contributed by atoms with Crippen LogP contribution in [0.2, 0.25) is 0 Å². The first-order valence-corrected chi connectivity index (χ1v) is 11.1. The third-order valence-corrected chi connectivity index (χ3v) is 9.24. The molecule has 0 aromatic carbocycles. The monoisotopic (exact) mass is 334 g/mol. The van der Waals surface area contributed by atoms with Crippen LogP contribution in [0, 0.1) is 40.4 Å². The van der Waals surface area contributed by atoms with Crippen molar-refractivity contribution in [2.75, 3.05) is 0 Å². The maximum atomic E-state index is 10.3. The van der Waals surface area contributed by atoms with Gasteiger partial charge in [0.2, 0.25) is 0 Å². The largest absolute Gasteiger partial charge is 0.393 e. The summed E-state index contributed by atoms with van der Waals surface area (Å²) in [5, 5.41) is 10.3. The molecule has 0 aromatic rings. The molecule has 1 heteroatoms. The summed E-state index contributed by atoms with van der Waals surface area (Å²) in [6.07, 6.45) is 14.4. The minimum absolute atomic E-state index is 0.104. The van der Waals surface area contributed by atoms with Gasteiger partial charge in [-0.15, -0.1) is 0 Å². The summed E-state index contributed by atoms with van der Waals surface area (Å²) < 4.78 is 0. The Hall–Kier alpha value is -0.0400. The molecular weight excluding hydrogens is 292 g/mol. The lowest BCUT2D eigenvalue weighted by molar-refractivity contribution is -0.118. The summed E-state index contributed by atoms with van der Waals surface area (Å²) in [4.78, 5) is 0. The molecule has 1 nitrogen and oxygen atoms in total. The van der Waals surface area contributed by atoms with Crippen LogP contribution in [0.4, 0.5) is 0 Å². The molecule has 0 heterocycles. The third-order valence-electron chi connectivity index (χ3n) is 9.24. The maximum absolute atomic E-state index is 10.3. The van der Waals surface area contributed by atoms with E-state index in [2.05, 4.69) is 13.8 Å². The summed E-state index contributed by atoms with van der Waals surface area (Å²) >= 11 is 0. The van der Waals surface area contributed by atoms with Gasteiger partial charge in [-0.2, -0.15) is 0 Å². The number of aliphatic hydroxyl groups excluding tert-OH is 1. The normalized spacial score (nSPS) is 51.5. The Kier molecular flexibility index (Phi) is 5.41. The predicted octanol–water partition coefficient (Wildman–Crippen LogP) is 6.44. The highest BCUT2D eigenvalue weighted by molar-refractivity contribution is 5.09. The molecule has 0 spiro atoms. The zero-order valence-electron chi connectivity index (χ0n) is 17.0. The van der Waals surface area contributed by atoms with Crippen molar-refractivity contribution >= 4 is 0 Å². The molecule has 140 valence electrons. The molecule has 8 unspecified atom stereocenters. The lowest BCUT2D eigenvalue weighted by atomic mass is 9.45. The van der Waals surface area contributed by atoms with Crippen molar-refractivity contribution in [2.45, 2.75) is 105 Å². The van der Waals surface area contributed by atoms with Crippen LogP contribution >= 0.6 is 0 Å². The van der Waals surface area contributed by atoms with Crippen LogP contribution in [0.15, 0.2) is 0 Å². The molecule has 0 aliphatic heterocycles. The number of aliphatic hydroxyl groups is 1. The van der Waals surface area contributed by atoms with Gasteiger partial charge in [0.1, 0.15) is 0 Å². The molecule has 4 aliphatic rings. The van der Waals surface area contributed by atoms with Crippen LogP contribution in [0.5, 0.6) is 0 Å². The van der Waals surface area contributed by atoms with E-state index >= 15 is 0 Å². The van der Waals surface area contributed by atoms with Crippen molar-refractivity contribution < 1.29 is 5.11 Å². The second kappa shape index (κ2) is 6.93. The quantitative estimate of drug-likeness (QED) is 0.585. The molecular formula is C23H42O. The molecule has 0 bridgehead atoms. The Balaban J connectivity index is 0.000000815. The Morgan fingerprint density at radius 1 is 0.792 bits per heavy atom. The smallest absolute Gasteiger partial charge is 0.0545 e. The van der Waals surface area contributed by atoms with E-state index in [1.807, 2.05) is 20.8 Å². The summed E-state index contributed by atoms with van der Waals surface area (Å²) in [6.45, 7) is 11.2. The van der Waals surface area contributed by atoms with E-state index in [0.29, 0.717) is 16.7 Å². The summed E-state index contributed by atoms with van der Waals surface area (Å²) in [7, 11) is 0. The van der Waals surface area contributed by atoms with E-state index in [0.717, 1.165) is 23.7 Å². The van der Waals surface area contributed by atoms with Crippen LogP contribution in [-0.4, -0.2) is 11.2 Å². The highest BCUT2D eigenvalue weighted by Gasteiger charge is 2.60. The highest BCUT2D eigenvalue weighted by atomic mass is 16.3. The highest BCUT2D eigenvalue weighted by Crippen LogP contribution is 2.67. The van der Waals surface area contributed by atoms with Gasteiger partial charge in [-0.25, -0.2) is 0 Å². The van der Waals surface area contributed by atoms with Crippen LogP contribution in [0.1, 0.15) is 98.8 Å². The second-order valence-electron chi connectivity index (χ2n) is 9.87. The molecule has 0 amide bonds. The van der Waals surface area contributed by atoms with Crippen molar-refractivity contribution in [3.05, 3.63) is 0 Å². The van der Waals surface area contributed by atoms with E-state index in [4.69, 9.17) is 0 Å². The van der Waals surface area contributed by atoms with Gasteiger partial charge in [0.05, 0.1) is 6.10 Å². The van der Waals surface area contributed by atoms with Crippen molar-refractivity contribution in [3.63, 3.8) is 0 Å². The molecule has 1 N–H and O–H groups in total. The number of rotatable bonds is 1. The summed E-state index contributed by atoms with van der Waals surface area (Å²) in [5.74, 6) is 4.47. The lowest BCUT2D eigenvalue weighted by Crippen LogP contribution is -2.53. The first-order chi connectivity index (χ1) is 11.5. The summed E-state index contributed by atoms with van der Waals surface area (Å²) in [6, 6.07) is 0. The minimum Gasteiger partial charge on any atom is -0.393 e. The Labute approximate surface area is 151 Å². The van der Waals surface area contributed by atoms with Crippen LogP contribution in [0.25, 0.3) is 0 Å². The van der Waals surface area contributed by atoms with Crippen LogP contribution < -0.4 is 0 Å². The van der Waals surface area contributed by atoms with Gasteiger partial charge in [0.25, 0.3) is 0 Å². The molecule has 4 rings (SSSR count). The Morgan fingerprint density at radius 2 is 1.50 bits per heavy atom. The number of hydrogen-bond donors (Lipinski definition) is 1. The van der Waals surface area contributed by atoms with Gasteiger partial charge >= 0.3 is 0 Å².